The largest absolute Gasteiger partial charge is 0.573 e. The zero-order valence-corrected chi connectivity index (χ0v) is 15.1. The van der Waals surface area contributed by atoms with Crippen molar-refractivity contribution in [3.8, 4) is 5.75 Å². The zero-order chi connectivity index (χ0) is 19.5. The molecule has 2 heterocycles. The number of ether oxygens (including phenoxy) is 1. The lowest BCUT2D eigenvalue weighted by molar-refractivity contribution is -0.274. The van der Waals surface area contributed by atoms with Crippen LogP contribution >= 0.6 is 0 Å². The zero-order valence-electron chi connectivity index (χ0n) is 14.3. The molecule has 1 aromatic carbocycles. The maximum atomic E-state index is 12.5. The highest BCUT2D eigenvalue weighted by atomic mass is 32.2. The van der Waals surface area contributed by atoms with E-state index >= 15 is 0 Å². The monoisotopic (exact) mass is 404 g/mol. The summed E-state index contributed by atoms with van der Waals surface area (Å²) in [4.78, 5) is 1.81. The average molecular weight is 404 g/mol. The van der Waals surface area contributed by atoms with E-state index in [4.69, 9.17) is 4.42 Å². The van der Waals surface area contributed by atoms with Crippen LogP contribution in [0.5, 0.6) is 5.75 Å². The van der Waals surface area contributed by atoms with Crippen molar-refractivity contribution in [2.45, 2.75) is 30.1 Å². The Labute approximate surface area is 155 Å². The minimum absolute atomic E-state index is 0.0419. The van der Waals surface area contributed by atoms with Gasteiger partial charge in [0.05, 0.1) is 17.2 Å². The Kier molecular flexibility index (Phi) is 5.78. The fraction of sp³-hybridized carbons (Fsp3) is 0.412. The highest BCUT2D eigenvalue weighted by Gasteiger charge is 2.32. The van der Waals surface area contributed by atoms with Crippen LogP contribution in [0.4, 0.5) is 13.2 Å². The lowest BCUT2D eigenvalue weighted by Gasteiger charge is -2.26. The third-order valence-electron chi connectivity index (χ3n) is 4.27. The lowest BCUT2D eigenvalue weighted by atomic mass is 10.2. The molecule has 1 fully saturated rings. The summed E-state index contributed by atoms with van der Waals surface area (Å²) in [6.45, 7) is 1.68. The van der Waals surface area contributed by atoms with Crippen molar-refractivity contribution in [3.05, 3.63) is 48.4 Å². The van der Waals surface area contributed by atoms with Gasteiger partial charge >= 0.3 is 6.36 Å². The van der Waals surface area contributed by atoms with Crippen LogP contribution in [-0.4, -0.2) is 39.3 Å². The molecule has 1 aromatic heterocycles. The fourth-order valence-corrected chi connectivity index (χ4v) is 4.13. The summed E-state index contributed by atoms with van der Waals surface area (Å²) in [5.74, 6) is 0.0428. The molecule has 0 aliphatic carbocycles. The molecule has 1 saturated heterocycles. The molecular formula is C17H19F3N2O4S. The molecule has 0 amide bonds. The first-order valence-corrected chi connectivity index (χ1v) is 9.86. The smallest absolute Gasteiger partial charge is 0.468 e. The van der Waals surface area contributed by atoms with Crippen LogP contribution in [0.1, 0.15) is 24.6 Å². The van der Waals surface area contributed by atoms with E-state index < -0.39 is 22.1 Å². The highest BCUT2D eigenvalue weighted by Crippen LogP contribution is 2.27. The number of benzene rings is 1. The second-order valence-electron chi connectivity index (χ2n) is 6.15. The van der Waals surface area contributed by atoms with Crippen LogP contribution in [0.3, 0.4) is 0 Å². The third-order valence-corrected chi connectivity index (χ3v) is 5.69. The van der Waals surface area contributed by atoms with Gasteiger partial charge in [0.15, 0.2) is 0 Å². The molecule has 0 bridgehead atoms. The molecule has 0 saturated carbocycles. The van der Waals surface area contributed by atoms with Gasteiger partial charge in [0, 0.05) is 12.6 Å². The topological polar surface area (TPSA) is 71.8 Å². The molecule has 6 nitrogen and oxygen atoms in total. The Morgan fingerprint density at radius 3 is 2.56 bits per heavy atom. The van der Waals surface area contributed by atoms with Gasteiger partial charge in [0.25, 0.3) is 0 Å². The molecule has 1 aliphatic heterocycles. The number of sulfonamides is 1. The van der Waals surface area contributed by atoms with E-state index in [1.54, 1.807) is 12.1 Å². The van der Waals surface area contributed by atoms with Crippen molar-refractivity contribution in [2.24, 2.45) is 0 Å². The predicted octanol–water partition coefficient (Wildman–Crippen LogP) is 3.29. The minimum atomic E-state index is -4.89. The van der Waals surface area contributed by atoms with Crippen molar-refractivity contribution < 1.29 is 30.7 Å². The van der Waals surface area contributed by atoms with Crippen LogP contribution in [0.2, 0.25) is 0 Å². The van der Waals surface area contributed by atoms with E-state index in [2.05, 4.69) is 14.4 Å². The number of likely N-dealkylation sites (tertiary alicyclic amines) is 1. The van der Waals surface area contributed by atoms with Crippen molar-refractivity contribution in [1.82, 2.24) is 9.62 Å². The standard InChI is InChI=1S/C17H19F3N2O4S/c18-17(19,20)26-13-5-3-6-14(11-13)27(23,24)21-12-15(16-7-4-10-25-16)22-8-1-2-9-22/h3-7,10-11,15,21H,1-2,8-9,12H2/t15-/m0/s1. The van der Waals surface area contributed by atoms with Gasteiger partial charge in [-0.15, -0.1) is 13.2 Å². The van der Waals surface area contributed by atoms with E-state index in [1.807, 2.05) is 0 Å². The molecule has 10 heteroatoms. The molecule has 2 aromatic rings. The molecule has 1 N–H and O–H groups in total. The Balaban J connectivity index is 1.74. The summed E-state index contributed by atoms with van der Waals surface area (Å²) >= 11 is 0. The first kappa shape index (κ1) is 19.7. The molecule has 148 valence electrons. The molecule has 1 aliphatic rings. The maximum absolute atomic E-state index is 12.5. The van der Waals surface area contributed by atoms with Gasteiger partial charge in [-0.3, -0.25) is 4.90 Å². The number of nitrogens with one attached hydrogen (secondary N) is 1. The fourth-order valence-electron chi connectivity index (χ4n) is 3.05. The van der Waals surface area contributed by atoms with Gasteiger partial charge < -0.3 is 9.15 Å². The second kappa shape index (κ2) is 7.91. The normalized spacial score (nSPS) is 17.1. The molecule has 27 heavy (non-hydrogen) atoms. The Morgan fingerprint density at radius 1 is 1.19 bits per heavy atom. The quantitative estimate of drug-likeness (QED) is 0.767. The van der Waals surface area contributed by atoms with Crippen LogP contribution in [0.15, 0.2) is 52.0 Å². The Hall–Kier alpha value is -2.04. The predicted molar refractivity (Wildman–Crippen MR) is 90.6 cm³/mol. The van der Waals surface area contributed by atoms with E-state index in [-0.39, 0.29) is 17.5 Å². The maximum Gasteiger partial charge on any atom is 0.573 e. The first-order chi connectivity index (χ1) is 12.7. The molecule has 0 spiro atoms. The van der Waals surface area contributed by atoms with Crippen LogP contribution in [-0.2, 0) is 10.0 Å². The number of hydrogen-bond acceptors (Lipinski definition) is 5. The SMILES string of the molecule is O=S(=O)(NC[C@@H](c1ccco1)N1CCCC1)c1cccc(OC(F)(F)F)c1. The average Bonchev–Trinajstić information content (AvgIpc) is 3.27. The van der Waals surface area contributed by atoms with Gasteiger partial charge in [-0.25, -0.2) is 13.1 Å². The molecule has 0 radical (unpaired) electrons. The highest BCUT2D eigenvalue weighted by molar-refractivity contribution is 7.89. The van der Waals surface area contributed by atoms with Gasteiger partial charge in [-0.2, -0.15) is 0 Å². The van der Waals surface area contributed by atoms with Gasteiger partial charge in [0.1, 0.15) is 11.5 Å². The van der Waals surface area contributed by atoms with Gasteiger partial charge in [-0.1, -0.05) is 6.07 Å². The Bertz CT molecular complexity index is 847. The van der Waals surface area contributed by atoms with Crippen molar-refractivity contribution >= 4 is 10.0 Å². The summed E-state index contributed by atoms with van der Waals surface area (Å²) in [5.41, 5.74) is 0. The number of rotatable bonds is 7. The van der Waals surface area contributed by atoms with E-state index in [0.29, 0.717) is 5.76 Å². The molecule has 0 unspecified atom stereocenters. The van der Waals surface area contributed by atoms with E-state index in [0.717, 1.165) is 38.1 Å². The number of hydrogen-bond donors (Lipinski definition) is 1. The van der Waals surface area contributed by atoms with Crippen LogP contribution in [0, 0.1) is 0 Å². The van der Waals surface area contributed by atoms with E-state index in [1.165, 1.54) is 18.4 Å². The summed E-state index contributed by atoms with van der Waals surface area (Å²) in [6.07, 6.45) is -1.34. The Morgan fingerprint density at radius 2 is 1.93 bits per heavy atom. The molecule has 3 rings (SSSR count). The minimum Gasteiger partial charge on any atom is -0.468 e. The van der Waals surface area contributed by atoms with Gasteiger partial charge in [-0.05, 0) is 50.2 Å². The van der Waals surface area contributed by atoms with E-state index in [9.17, 15) is 21.6 Å². The van der Waals surface area contributed by atoms with Crippen LogP contribution in [0.25, 0.3) is 0 Å². The van der Waals surface area contributed by atoms with Crippen molar-refractivity contribution in [3.63, 3.8) is 0 Å². The molecular weight excluding hydrogens is 385 g/mol. The number of furan rings is 1. The van der Waals surface area contributed by atoms with Gasteiger partial charge in [0.2, 0.25) is 10.0 Å². The lowest BCUT2D eigenvalue weighted by Crippen LogP contribution is -2.36. The van der Waals surface area contributed by atoms with Crippen molar-refractivity contribution in [1.29, 1.82) is 0 Å². The van der Waals surface area contributed by atoms with Crippen LogP contribution < -0.4 is 9.46 Å². The number of halogens is 3. The second-order valence-corrected chi connectivity index (χ2v) is 7.92. The summed E-state index contributed by atoms with van der Waals surface area (Å²) in [5, 5.41) is 0. The number of nitrogens with zero attached hydrogens (tertiary/aromatic N) is 1. The third kappa shape index (κ3) is 5.24. The summed E-state index contributed by atoms with van der Waals surface area (Å²) in [6, 6.07) is 7.51. The summed E-state index contributed by atoms with van der Waals surface area (Å²) < 4.78 is 73.8. The number of alkyl halides is 3. The molecule has 1 atom stereocenters. The summed E-state index contributed by atoms with van der Waals surface area (Å²) in [7, 11) is -4.02. The first-order valence-electron chi connectivity index (χ1n) is 8.37. The van der Waals surface area contributed by atoms with Crippen molar-refractivity contribution in [2.75, 3.05) is 19.6 Å².